The molecule has 0 aromatic carbocycles. The van der Waals surface area contributed by atoms with Crippen LogP contribution in [-0.2, 0) is 9.53 Å². The van der Waals surface area contributed by atoms with E-state index < -0.39 is 5.97 Å². The number of carbonyl (C=O) groups is 1. The van der Waals surface area contributed by atoms with Gasteiger partial charge in [0.05, 0.1) is 5.92 Å². The zero-order valence-electron chi connectivity index (χ0n) is 7.67. The molecule has 3 nitrogen and oxygen atoms in total. The number of hydrogen-bond donors (Lipinski definition) is 1. The lowest BCUT2D eigenvalue weighted by Crippen LogP contribution is -2.36. The first-order valence-corrected chi connectivity index (χ1v) is 4.37. The van der Waals surface area contributed by atoms with Crippen molar-refractivity contribution in [3.63, 3.8) is 0 Å². The molecule has 0 aromatic heterocycles. The zero-order valence-corrected chi connectivity index (χ0v) is 7.67. The van der Waals surface area contributed by atoms with Gasteiger partial charge in [-0.15, -0.1) is 0 Å². The van der Waals surface area contributed by atoms with Gasteiger partial charge in [-0.1, -0.05) is 13.8 Å². The molecule has 0 amide bonds. The fraction of sp³-hybridized carbons (Fsp3) is 0.889. The molecule has 0 saturated carbocycles. The Kier molecular flexibility index (Phi) is 2.73. The first kappa shape index (κ1) is 9.52. The largest absolute Gasteiger partial charge is 0.481 e. The van der Waals surface area contributed by atoms with Gasteiger partial charge in [0.1, 0.15) is 0 Å². The summed E-state index contributed by atoms with van der Waals surface area (Å²) < 4.78 is 5.20. The molecule has 3 heteroatoms. The zero-order chi connectivity index (χ0) is 9.19. The van der Waals surface area contributed by atoms with Crippen molar-refractivity contribution in [2.24, 2.45) is 11.3 Å². The molecule has 1 unspecified atom stereocenters. The highest BCUT2D eigenvalue weighted by Gasteiger charge is 2.37. The Morgan fingerprint density at radius 3 is 2.42 bits per heavy atom. The van der Waals surface area contributed by atoms with E-state index in [1.807, 2.05) is 6.92 Å². The van der Waals surface area contributed by atoms with Gasteiger partial charge in [0.25, 0.3) is 0 Å². The van der Waals surface area contributed by atoms with Crippen LogP contribution in [0.3, 0.4) is 0 Å². The lowest BCUT2D eigenvalue weighted by Gasteiger charge is -2.36. The van der Waals surface area contributed by atoms with E-state index in [1.54, 1.807) is 6.92 Å². The van der Waals surface area contributed by atoms with Gasteiger partial charge in [-0.05, 0) is 18.3 Å². The average molecular weight is 172 g/mol. The van der Waals surface area contributed by atoms with Crippen LogP contribution in [0.15, 0.2) is 0 Å². The molecule has 0 spiro atoms. The van der Waals surface area contributed by atoms with Gasteiger partial charge >= 0.3 is 5.97 Å². The lowest BCUT2D eigenvalue weighted by atomic mass is 9.72. The topological polar surface area (TPSA) is 46.5 Å². The third-order valence-corrected chi connectivity index (χ3v) is 3.05. The van der Waals surface area contributed by atoms with Crippen LogP contribution in [0, 0.1) is 11.3 Å². The van der Waals surface area contributed by atoms with Gasteiger partial charge in [-0.3, -0.25) is 4.79 Å². The summed E-state index contributed by atoms with van der Waals surface area (Å²) in [5.41, 5.74) is -0.0654. The van der Waals surface area contributed by atoms with Gasteiger partial charge in [-0.25, -0.2) is 0 Å². The van der Waals surface area contributed by atoms with Crippen LogP contribution >= 0.6 is 0 Å². The van der Waals surface area contributed by atoms with Crippen molar-refractivity contribution in [2.75, 3.05) is 13.2 Å². The van der Waals surface area contributed by atoms with Crippen molar-refractivity contribution in [1.29, 1.82) is 0 Å². The lowest BCUT2D eigenvalue weighted by molar-refractivity contribution is -0.148. The SMILES string of the molecule is CC(C(=O)O)C1(C)CCOCC1. The monoisotopic (exact) mass is 172 g/mol. The molecule has 0 radical (unpaired) electrons. The van der Waals surface area contributed by atoms with Gasteiger partial charge in [0, 0.05) is 13.2 Å². The summed E-state index contributed by atoms with van der Waals surface area (Å²) in [6.45, 7) is 5.23. The van der Waals surface area contributed by atoms with Gasteiger partial charge in [0.15, 0.2) is 0 Å². The summed E-state index contributed by atoms with van der Waals surface area (Å²) in [5.74, 6) is -0.958. The fourth-order valence-electron chi connectivity index (χ4n) is 1.57. The van der Waals surface area contributed by atoms with Crippen molar-refractivity contribution in [1.82, 2.24) is 0 Å². The molecule has 70 valence electrons. The minimum Gasteiger partial charge on any atom is -0.481 e. The van der Waals surface area contributed by atoms with E-state index in [2.05, 4.69) is 0 Å². The molecular formula is C9H16O3. The van der Waals surface area contributed by atoms with Crippen LogP contribution in [0.25, 0.3) is 0 Å². The summed E-state index contributed by atoms with van der Waals surface area (Å²) in [5, 5.41) is 8.86. The summed E-state index contributed by atoms with van der Waals surface area (Å²) >= 11 is 0. The van der Waals surface area contributed by atoms with Crippen LogP contribution in [0.5, 0.6) is 0 Å². The standard InChI is InChI=1S/C9H16O3/c1-7(8(10)11)9(2)3-5-12-6-4-9/h7H,3-6H2,1-2H3,(H,10,11). The van der Waals surface area contributed by atoms with E-state index in [1.165, 1.54) is 0 Å². The highest BCUT2D eigenvalue weighted by Crippen LogP contribution is 2.37. The molecule has 0 aliphatic carbocycles. The third-order valence-electron chi connectivity index (χ3n) is 3.05. The molecule has 0 aromatic rings. The molecule has 1 saturated heterocycles. The molecule has 1 N–H and O–H groups in total. The Hall–Kier alpha value is -0.570. The molecule has 1 heterocycles. The molecule has 1 aliphatic rings. The second-order valence-electron chi connectivity index (χ2n) is 3.83. The van der Waals surface area contributed by atoms with Crippen molar-refractivity contribution in [2.45, 2.75) is 26.7 Å². The number of rotatable bonds is 2. The predicted octanol–water partition coefficient (Wildman–Crippen LogP) is 1.52. The number of carboxylic acid groups (broad SMARTS) is 1. The quantitative estimate of drug-likeness (QED) is 0.687. The predicted molar refractivity (Wildman–Crippen MR) is 45.0 cm³/mol. The second kappa shape index (κ2) is 3.44. The van der Waals surface area contributed by atoms with E-state index in [4.69, 9.17) is 9.84 Å². The minimum atomic E-state index is -0.695. The highest BCUT2D eigenvalue weighted by atomic mass is 16.5. The Balaban J connectivity index is 2.62. The number of carboxylic acids is 1. The summed E-state index contributed by atoms with van der Waals surface area (Å²) in [6.07, 6.45) is 1.72. The Morgan fingerprint density at radius 1 is 1.50 bits per heavy atom. The fourth-order valence-corrected chi connectivity index (χ4v) is 1.57. The molecule has 1 atom stereocenters. The molecule has 0 bridgehead atoms. The summed E-state index contributed by atoms with van der Waals surface area (Å²) in [4.78, 5) is 10.8. The number of hydrogen-bond acceptors (Lipinski definition) is 2. The van der Waals surface area contributed by atoms with Crippen LogP contribution in [-0.4, -0.2) is 24.3 Å². The Bertz CT molecular complexity index is 171. The maximum absolute atomic E-state index is 10.8. The molecule has 1 fully saturated rings. The maximum atomic E-state index is 10.8. The second-order valence-corrected chi connectivity index (χ2v) is 3.83. The van der Waals surface area contributed by atoms with Crippen molar-refractivity contribution >= 4 is 5.97 Å². The molecule has 1 rings (SSSR count). The maximum Gasteiger partial charge on any atom is 0.306 e. The molecular weight excluding hydrogens is 156 g/mol. The first-order valence-electron chi connectivity index (χ1n) is 4.37. The van der Waals surface area contributed by atoms with E-state index in [0.29, 0.717) is 13.2 Å². The van der Waals surface area contributed by atoms with E-state index in [-0.39, 0.29) is 11.3 Å². The van der Waals surface area contributed by atoms with Gasteiger partial charge in [-0.2, -0.15) is 0 Å². The van der Waals surface area contributed by atoms with E-state index in [0.717, 1.165) is 12.8 Å². The third kappa shape index (κ3) is 1.78. The van der Waals surface area contributed by atoms with Crippen molar-refractivity contribution in [3.8, 4) is 0 Å². The van der Waals surface area contributed by atoms with Crippen LogP contribution in [0.2, 0.25) is 0 Å². The van der Waals surface area contributed by atoms with Crippen LogP contribution < -0.4 is 0 Å². The minimum absolute atomic E-state index is 0.0654. The van der Waals surface area contributed by atoms with Crippen molar-refractivity contribution in [3.05, 3.63) is 0 Å². The first-order chi connectivity index (χ1) is 5.56. The highest BCUT2D eigenvalue weighted by molar-refractivity contribution is 5.70. The van der Waals surface area contributed by atoms with Crippen molar-refractivity contribution < 1.29 is 14.6 Å². The number of ether oxygens (including phenoxy) is 1. The molecule has 12 heavy (non-hydrogen) atoms. The smallest absolute Gasteiger partial charge is 0.306 e. The van der Waals surface area contributed by atoms with Crippen LogP contribution in [0.1, 0.15) is 26.7 Å². The Morgan fingerprint density at radius 2 is 2.00 bits per heavy atom. The Labute approximate surface area is 72.7 Å². The van der Waals surface area contributed by atoms with E-state index in [9.17, 15) is 4.79 Å². The van der Waals surface area contributed by atoms with Crippen LogP contribution in [0.4, 0.5) is 0 Å². The van der Waals surface area contributed by atoms with E-state index >= 15 is 0 Å². The molecule has 1 aliphatic heterocycles. The average Bonchev–Trinajstić information content (AvgIpc) is 2.04. The normalized spacial score (nSPS) is 24.8. The van der Waals surface area contributed by atoms with Gasteiger partial charge < -0.3 is 9.84 Å². The number of aliphatic carboxylic acids is 1. The summed E-state index contributed by atoms with van der Waals surface area (Å²) in [6, 6.07) is 0. The van der Waals surface area contributed by atoms with Gasteiger partial charge in [0.2, 0.25) is 0 Å². The summed E-state index contributed by atoms with van der Waals surface area (Å²) in [7, 11) is 0.